The van der Waals surface area contributed by atoms with Crippen molar-refractivity contribution in [1.29, 1.82) is 0 Å². The van der Waals surface area contributed by atoms with E-state index in [1.165, 1.54) is 0 Å². The Bertz CT molecular complexity index is 581. The number of nitrogens with one attached hydrogen (secondary N) is 1. The molecule has 0 fully saturated rings. The highest BCUT2D eigenvalue weighted by Gasteiger charge is 2.03. The predicted octanol–water partition coefficient (Wildman–Crippen LogP) is 3.35. The van der Waals surface area contributed by atoms with Crippen molar-refractivity contribution in [2.75, 3.05) is 11.9 Å². The van der Waals surface area contributed by atoms with E-state index in [4.69, 9.17) is 9.84 Å². The summed E-state index contributed by atoms with van der Waals surface area (Å²) in [6.07, 6.45) is 0.276. The highest BCUT2D eigenvalue weighted by molar-refractivity contribution is 9.10. The van der Waals surface area contributed by atoms with Gasteiger partial charge in [-0.15, -0.1) is 0 Å². The van der Waals surface area contributed by atoms with Gasteiger partial charge in [0.1, 0.15) is 5.75 Å². The molecule has 1 amide bonds. The van der Waals surface area contributed by atoms with Gasteiger partial charge in [0.25, 0.3) is 0 Å². The summed E-state index contributed by atoms with van der Waals surface area (Å²) in [5.41, 5.74) is 1.52. The first-order valence-corrected chi connectivity index (χ1v) is 7.34. The highest BCUT2D eigenvalue weighted by atomic mass is 79.9. The second-order valence-electron chi connectivity index (χ2n) is 4.46. The van der Waals surface area contributed by atoms with Gasteiger partial charge in [0.2, 0.25) is 5.91 Å². The lowest BCUT2D eigenvalue weighted by molar-refractivity contribution is -0.116. The third-order valence-corrected chi connectivity index (χ3v) is 3.36. The van der Waals surface area contributed by atoms with E-state index in [2.05, 4.69) is 21.2 Å². The molecule has 2 rings (SSSR count). The number of hydrogen-bond acceptors (Lipinski definition) is 3. The monoisotopic (exact) mass is 349 g/mol. The van der Waals surface area contributed by atoms with Gasteiger partial charge in [0.15, 0.2) is 0 Å². The minimum Gasteiger partial charge on any atom is -0.493 e. The molecule has 2 aromatic rings. The van der Waals surface area contributed by atoms with Crippen molar-refractivity contribution in [3.05, 3.63) is 58.6 Å². The number of carbonyl (C=O) groups is 1. The molecule has 0 unspecified atom stereocenters. The summed E-state index contributed by atoms with van der Waals surface area (Å²) in [5, 5.41) is 11.7. The SMILES string of the molecule is O=C(CCOc1ccc(Br)cc1)Nc1ccc(CO)cc1. The molecule has 0 atom stereocenters. The maximum atomic E-state index is 11.8. The van der Waals surface area contributed by atoms with Gasteiger partial charge < -0.3 is 15.2 Å². The van der Waals surface area contributed by atoms with E-state index in [0.29, 0.717) is 12.3 Å². The molecule has 0 saturated heterocycles. The van der Waals surface area contributed by atoms with Gasteiger partial charge >= 0.3 is 0 Å². The van der Waals surface area contributed by atoms with Crippen LogP contribution in [0.2, 0.25) is 0 Å². The third kappa shape index (κ3) is 5.21. The number of ether oxygens (including phenoxy) is 1. The van der Waals surface area contributed by atoms with Gasteiger partial charge in [-0.3, -0.25) is 4.79 Å². The van der Waals surface area contributed by atoms with Crippen LogP contribution in [-0.2, 0) is 11.4 Å². The van der Waals surface area contributed by atoms with Gasteiger partial charge in [-0.25, -0.2) is 0 Å². The van der Waals surface area contributed by atoms with E-state index in [-0.39, 0.29) is 18.9 Å². The zero-order chi connectivity index (χ0) is 15.1. The van der Waals surface area contributed by atoms with Gasteiger partial charge in [-0.2, -0.15) is 0 Å². The van der Waals surface area contributed by atoms with Gasteiger partial charge in [0.05, 0.1) is 19.6 Å². The number of aliphatic hydroxyl groups excluding tert-OH is 1. The van der Waals surface area contributed by atoms with Crippen molar-refractivity contribution in [2.24, 2.45) is 0 Å². The van der Waals surface area contributed by atoms with Crippen LogP contribution < -0.4 is 10.1 Å². The standard InChI is InChI=1S/C16H16BrNO3/c17-13-3-7-15(8-4-13)21-10-9-16(20)18-14-5-1-12(11-19)2-6-14/h1-8,19H,9-11H2,(H,18,20). The molecule has 21 heavy (non-hydrogen) atoms. The van der Waals surface area contributed by atoms with Gasteiger partial charge in [-0.05, 0) is 42.0 Å². The topological polar surface area (TPSA) is 58.6 Å². The molecular weight excluding hydrogens is 334 g/mol. The molecule has 0 aliphatic heterocycles. The van der Waals surface area contributed by atoms with Crippen molar-refractivity contribution in [1.82, 2.24) is 0 Å². The van der Waals surface area contributed by atoms with Gasteiger partial charge in [0, 0.05) is 10.2 Å². The molecule has 0 saturated carbocycles. The summed E-state index contributed by atoms with van der Waals surface area (Å²) in [6.45, 7) is 0.317. The predicted molar refractivity (Wildman–Crippen MR) is 85.2 cm³/mol. The Kier molecular flexibility index (Phi) is 5.78. The molecule has 0 radical (unpaired) electrons. The molecule has 0 bridgehead atoms. The number of carbonyl (C=O) groups excluding carboxylic acids is 1. The van der Waals surface area contributed by atoms with Crippen molar-refractivity contribution in [3.63, 3.8) is 0 Å². The van der Waals surface area contributed by atoms with Gasteiger partial charge in [-0.1, -0.05) is 28.1 Å². The molecular formula is C16H16BrNO3. The Hall–Kier alpha value is -1.85. The molecule has 0 spiro atoms. The summed E-state index contributed by atoms with van der Waals surface area (Å²) < 4.78 is 6.48. The average molecular weight is 350 g/mol. The lowest BCUT2D eigenvalue weighted by atomic mass is 10.2. The normalized spacial score (nSPS) is 10.2. The Morgan fingerprint density at radius 2 is 1.76 bits per heavy atom. The molecule has 2 N–H and O–H groups in total. The average Bonchev–Trinajstić information content (AvgIpc) is 2.50. The fourth-order valence-electron chi connectivity index (χ4n) is 1.71. The van der Waals surface area contributed by atoms with Crippen LogP contribution in [0.4, 0.5) is 5.69 Å². The summed E-state index contributed by atoms with van der Waals surface area (Å²) >= 11 is 3.35. The lowest BCUT2D eigenvalue weighted by Crippen LogP contribution is -2.15. The zero-order valence-electron chi connectivity index (χ0n) is 11.4. The molecule has 4 nitrogen and oxygen atoms in total. The van der Waals surface area contributed by atoms with Crippen LogP contribution in [0.25, 0.3) is 0 Å². The fourth-order valence-corrected chi connectivity index (χ4v) is 1.97. The second kappa shape index (κ2) is 7.81. The number of amides is 1. The van der Waals surface area contributed by atoms with E-state index in [0.717, 1.165) is 15.8 Å². The number of halogens is 1. The van der Waals surface area contributed by atoms with Crippen LogP contribution >= 0.6 is 15.9 Å². The summed E-state index contributed by atoms with van der Waals surface area (Å²) in [4.78, 5) is 11.8. The maximum Gasteiger partial charge on any atom is 0.227 e. The summed E-state index contributed by atoms with van der Waals surface area (Å²) in [7, 11) is 0. The minimum absolute atomic E-state index is 0.00471. The van der Waals surface area contributed by atoms with E-state index in [9.17, 15) is 4.79 Å². The first-order valence-electron chi connectivity index (χ1n) is 6.55. The molecule has 0 aliphatic rings. The number of hydrogen-bond donors (Lipinski definition) is 2. The van der Waals surface area contributed by atoms with Crippen molar-refractivity contribution < 1.29 is 14.6 Å². The number of anilines is 1. The zero-order valence-corrected chi connectivity index (χ0v) is 13.0. The van der Waals surface area contributed by atoms with Crippen molar-refractivity contribution >= 4 is 27.5 Å². The smallest absolute Gasteiger partial charge is 0.227 e. The Morgan fingerprint density at radius 3 is 2.38 bits per heavy atom. The fraction of sp³-hybridized carbons (Fsp3) is 0.188. The number of benzene rings is 2. The first-order chi connectivity index (χ1) is 10.2. The molecule has 2 aromatic carbocycles. The van der Waals surface area contributed by atoms with E-state index < -0.39 is 0 Å². The summed E-state index contributed by atoms with van der Waals surface area (Å²) in [5.74, 6) is 0.627. The quantitative estimate of drug-likeness (QED) is 0.840. The Balaban J connectivity index is 1.75. The van der Waals surface area contributed by atoms with Crippen LogP contribution in [-0.4, -0.2) is 17.6 Å². The highest BCUT2D eigenvalue weighted by Crippen LogP contribution is 2.16. The maximum absolute atomic E-state index is 11.8. The Morgan fingerprint density at radius 1 is 1.10 bits per heavy atom. The molecule has 110 valence electrons. The molecule has 0 aliphatic carbocycles. The van der Waals surface area contributed by atoms with E-state index >= 15 is 0 Å². The molecule has 0 heterocycles. The summed E-state index contributed by atoms with van der Waals surface area (Å²) in [6, 6.07) is 14.5. The first kappa shape index (κ1) is 15.5. The molecule has 5 heteroatoms. The molecule has 0 aromatic heterocycles. The van der Waals surface area contributed by atoms with Crippen LogP contribution in [0, 0.1) is 0 Å². The number of aliphatic hydroxyl groups is 1. The largest absolute Gasteiger partial charge is 0.493 e. The lowest BCUT2D eigenvalue weighted by Gasteiger charge is -2.08. The Labute approximate surface area is 131 Å². The van der Waals surface area contributed by atoms with Crippen LogP contribution in [0.1, 0.15) is 12.0 Å². The van der Waals surface area contributed by atoms with E-state index in [1.54, 1.807) is 24.3 Å². The van der Waals surface area contributed by atoms with Crippen molar-refractivity contribution in [3.8, 4) is 5.75 Å². The number of rotatable bonds is 6. The van der Waals surface area contributed by atoms with Crippen LogP contribution in [0.3, 0.4) is 0 Å². The minimum atomic E-state index is -0.108. The van der Waals surface area contributed by atoms with Crippen LogP contribution in [0.15, 0.2) is 53.0 Å². The second-order valence-corrected chi connectivity index (χ2v) is 5.37. The van der Waals surface area contributed by atoms with E-state index in [1.807, 2.05) is 24.3 Å². The van der Waals surface area contributed by atoms with Crippen LogP contribution in [0.5, 0.6) is 5.75 Å². The third-order valence-electron chi connectivity index (χ3n) is 2.83. The van der Waals surface area contributed by atoms with Crippen molar-refractivity contribution in [2.45, 2.75) is 13.0 Å².